The molecule has 0 aliphatic rings. The minimum Gasteiger partial charge on any atom is -0.497 e. The van der Waals surface area contributed by atoms with E-state index in [1.54, 1.807) is 114 Å². The molecule has 0 saturated carbocycles. The summed E-state index contributed by atoms with van der Waals surface area (Å²) in [5, 5.41) is 28.8. The van der Waals surface area contributed by atoms with Crippen LogP contribution in [0.3, 0.4) is 0 Å². The molecule has 25 heteroatoms. The van der Waals surface area contributed by atoms with Crippen molar-refractivity contribution in [3.8, 4) is 39.8 Å². The zero-order valence-electron chi connectivity index (χ0n) is 44.8. The standard InChI is InChI=1S/C53H66N10O13S2/c1-52(2,3)75-50(66)55-27-28-56-77(68,69)45-26-25-42(43-11-10-12-44(47(43)54)61(34-65)32-38(33-64)57-51(67)76-53(4,5)6)46(49-58-60-63(59-49)31-37-17-23-41(74-9)24-18-37)48(45)78(70,71)62(29-35-13-19-39(72-7)20-14-35)30-36-15-21-40(73-8)22-16-36/h10-26,34,38,56,64H,27-33,54H2,1-9H3,(H,55,66)(H,57,67)/t38-/m0/s1. The molecule has 0 fully saturated rings. The maximum absolute atomic E-state index is 16.2. The average Bonchev–Trinajstić information content (AvgIpc) is 3.88. The van der Waals surface area contributed by atoms with Crippen LogP contribution in [0.4, 0.5) is 21.0 Å². The van der Waals surface area contributed by atoms with Crippen LogP contribution in [0.1, 0.15) is 58.2 Å². The van der Waals surface area contributed by atoms with Gasteiger partial charge in [-0.1, -0.05) is 54.6 Å². The number of tetrazole rings is 1. The van der Waals surface area contributed by atoms with E-state index in [0.717, 1.165) is 15.3 Å². The van der Waals surface area contributed by atoms with E-state index >= 15 is 8.42 Å². The molecule has 0 radical (unpaired) electrons. The predicted octanol–water partition coefficient (Wildman–Crippen LogP) is 5.71. The van der Waals surface area contributed by atoms with Gasteiger partial charge in [-0.3, -0.25) is 4.79 Å². The van der Waals surface area contributed by atoms with Crippen LogP contribution in [-0.2, 0) is 53.9 Å². The molecular weight excluding hydrogens is 1050 g/mol. The van der Waals surface area contributed by atoms with Crippen molar-refractivity contribution in [1.29, 1.82) is 0 Å². The number of rotatable bonds is 24. The fourth-order valence-electron chi connectivity index (χ4n) is 7.85. The average molecular weight is 1120 g/mol. The Morgan fingerprint density at radius 1 is 0.731 bits per heavy atom. The summed E-state index contributed by atoms with van der Waals surface area (Å²) in [6.45, 7) is 7.81. The number of anilines is 2. The fourth-order valence-corrected chi connectivity index (χ4v) is 11.3. The van der Waals surface area contributed by atoms with E-state index in [4.69, 9.17) is 29.4 Å². The zero-order chi connectivity index (χ0) is 57.0. The Hall–Kier alpha value is -7.84. The minimum atomic E-state index is -5.12. The third-order valence-electron chi connectivity index (χ3n) is 11.5. The number of hydrogen-bond donors (Lipinski definition) is 5. The molecule has 6 aromatic rings. The molecule has 6 rings (SSSR count). The van der Waals surface area contributed by atoms with Gasteiger partial charge in [0.2, 0.25) is 32.3 Å². The van der Waals surface area contributed by atoms with Crippen molar-refractivity contribution >= 4 is 50.0 Å². The van der Waals surface area contributed by atoms with Gasteiger partial charge < -0.3 is 50.1 Å². The van der Waals surface area contributed by atoms with E-state index in [9.17, 15) is 27.9 Å². The van der Waals surface area contributed by atoms with Crippen LogP contribution in [0.5, 0.6) is 17.2 Å². The number of methoxy groups -OCH3 is 3. The van der Waals surface area contributed by atoms with Crippen LogP contribution in [-0.4, -0.2) is 130 Å². The number of aromatic nitrogens is 4. The summed E-state index contributed by atoms with van der Waals surface area (Å²) in [7, 11) is -5.50. The van der Waals surface area contributed by atoms with Gasteiger partial charge in [0, 0.05) is 38.3 Å². The van der Waals surface area contributed by atoms with Crippen molar-refractivity contribution in [1.82, 2.24) is 39.9 Å². The summed E-state index contributed by atoms with van der Waals surface area (Å²) in [5.41, 5.74) is 6.67. The summed E-state index contributed by atoms with van der Waals surface area (Å²) in [5.74, 6) is 1.25. The molecule has 1 aromatic heterocycles. The van der Waals surface area contributed by atoms with E-state index in [-0.39, 0.29) is 66.6 Å². The normalized spacial score (nSPS) is 12.3. The molecule has 0 saturated heterocycles. The topological polar surface area (TPSA) is 298 Å². The van der Waals surface area contributed by atoms with Crippen molar-refractivity contribution < 1.29 is 60.0 Å². The van der Waals surface area contributed by atoms with Gasteiger partial charge in [-0.05, 0) is 118 Å². The van der Waals surface area contributed by atoms with Crippen LogP contribution in [0.25, 0.3) is 22.5 Å². The molecule has 5 aromatic carbocycles. The molecule has 0 spiro atoms. The Kier molecular flexibility index (Phi) is 19.5. The van der Waals surface area contributed by atoms with E-state index in [1.807, 2.05) is 0 Å². The van der Waals surface area contributed by atoms with Crippen molar-refractivity contribution in [2.75, 3.05) is 58.2 Å². The predicted molar refractivity (Wildman–Crippen MR) is 291 cm³/mol. The highest BCUT2D eigenvalue weighted by Crippen LogP contribution is 2.44. The summed E-state index contributed by atoms with van der Waals surface area (Å²) < 4.78 is 92.7. The van der Waals surface area contributed by atoms with Gasteiger partial charge in [0.25, 0.3) is 0 Å². The number of nitrogens with two attached hydrogens (primary N) is 1. The van der Waals surface area contributed by atoms with Crippen LogP contribution in [0.2, 0.25) is 0 Å². The smallest absolute Gasteiger partial charge is 0.408 e. The number of alkyl carbamates (subject to hydrolysis) is 2. The van der Waals surface area contributed by atoms with Gasteiger partial charge in [0.1, 0.15) is 38.2 Å². The summed E-state index contributed by atoms with van der Waals surface area (Å²) in [4.78, 5) is 39.1. The molecule has 1 heterocycles. The molecule has 3 amide bonds. The minimum absolute atomic E-state index is 0.00672. The first-order chi connectivity index (χ1) is 36.9. The van der Waals surface area contributed by atoms with Gasteiger partial charge in [-0.15, -0.1) is 10.2 Å². The van der Waals surface area contributed by atoms with Gasteiger partial charge in [-0.25, -0.2) is 31.1 Å². The van der Waals surface area contributed by atoms with Crippen molar-refractivity contribution in [2.24, 2.45) is 0 Å². The number of nitrogens with zero attached hydrogens (tertiary/aromatic N) is 6. The first-order valence-electron chi connectivity index (χ1n) is 24.4. The number of aliphatic hydroxyl groups is 1. The number of hydrogen-bond acceptors (Lipinski definition) is 17. The lowest BCUT2D eigenvalue weighted by molar-refractivity contribution is -0.107. The number of nitrogens with one attached hydrogen (secondary N) is 3. The molecule has 1 atom stereocenters. The lowest BCUT2D eigenvalue weighted by Crippen LogP contribution is -2.47. The monoisotopic (exact) mass is 1110 g/mol. The van der Waals surface area contributed by atoms with Crippen LogP contribution < -0.4 is 40.2 Å². The third kappa shape index (κ3) is 15.6. The first kappa shape index (κ1) is 59.4. The second kappa shape index (κ2) is 25.5. The number of para-hydroxylation sites is 1. The van der Waals surface area contributed by atoms with Crippen molar-refractivity contribution in [2.45, 2.75) is 88.2 Å². The second-order valence-electron chi connectivity index (χ2n) is 19.6. The molecule has 0 aliphatic heterocycles. The lowest BCUT2D eigenvalue weighted by Gasteiger charge is -2.28. The highest BCUT2D eigenvalue weighted by Gasteiger charge is 2.38. The number of benzene rings is 5. The lowest BCUT2D eigenvalue weighted by atomic mass is 9.96. The molecule has 0 aliphatic carbocycles. The van der Waals surface area contributed by atoms with Gasteiger partial charge in [-0.2, -0.15) is 9.10 Å². The number of aliphatic hydroxyl groups excluding tert-OH is 1. The van der Waals surface area contributed by atoms with Gasteiger partial charge >= 0.3 is 12.2 Å². The number of carbonyl (C=O) groups excluding carboxylic acids is 3. The first-order valence-corrected chi connectivity index (χ1v) is 27.3. The van der Waals surface area contributed by atoms with Crippen LogP contribution in [0.15, 0.2) is 113 Å². The largest absolute Gasteiger partial charge is 0.497 e. The van der Waals surface area contributed by atoms with Crippen LogP contribution in [0, 0.1) is 0 Å². The SMILES string of the molecule is COc1ccc(CN(Cc2ccc(OC)cc2)S(=O)(=O)c2c(S(=O)(=O)NCCNC(=O)OC(C)(C)C)ccc(-c3cccc(N(C=O)C[C@@H](CO)NC(=O)OC(C)(C)C)c3N)c2-c2nnn(Cc3ccc(OC)cc3)n2)cc1. The number of carbonyl (C=O) groups is 3. The molecule has 418 valence electrons. The molecule has 23 nitrogen and oxygen atoms in total. The molecular formula is C53H66N10O13S2. The van der Waals surface area contributed by atoms with Gasteiger partial charge in [0.15, 0.2) is 0 Å². The van der Waals surface area contributed by atoms with Crippen molar-refractivity contribution in [3.63, 3.8) is 0 Å². The van der Waals surface area contributed by atoms with Crippen LogP contribution >= 0.6 is 0 Å². The van der Waals surface area contributed by atoms with E-state index in [1.165, 1.54) is 50.4 Å². The summed E-state index contributed by atoms with van der Waals surface area (Å²) >= 11 is 0. The fraction of sp³-hybridized carbons (Fsp3) is 0.358. The Morgan fingerprint density at radius 3 is 1.78 bits per heavy atom. The summed E-state index contributed by atoms with van der Waals surface area (Å²) in [6, 6.07) is 26.3. The number of amides is 3. The molecule has 78 heavy (non-hydrogen) atoms. The Morgan fingerprint density at radius 2 is 1.27 bits per heavy atom. The van der Waals surface area contributed by atoms with E-state index < -0.39 is 72.4 Å². The quantitative estimate of drug-likeness (QED) is 0.0276. The summed E-state index contributed by atoms with van der Waals surface area (Å²) in [6.07, 6.45) is -1.23. The van der Waals surface area contributed by atoms with Crippen molar-refractivity contribution in [3.05, 3.63) is 120 Å². The zero-order valence-corrected chi connectivity index (χ0v) is 46.5. The highest BCUT2D eigenvalue weighted by molar-refractivity contribution is 7.92. The molecule has 6 N–H and O–H groups in total. The second-order valence-corrected chi connectivity index (χ2v) is 23.2. The number of ether oxygens (including phenoxy) is 5. The highest BCUT2D eigenvalue weighted by atomic mass is 32.2. The maximum Gasteiger partial charge on any atom is 0.408 e. The molecule has 0 bridgehead atoms. The van der Waals surface area contributed by atoms with E-state index in [0.29, 0.717) is 40.3 Å². The van der Waals surface area contributed by atoms with E-state index in [2.05, 4.69) is 30.8 Å². The number of sulfonamides is 2. The number of nitrogen functional groups attached to an aromatic ring is 1. The third-order valence-corrected chi connectivity index (χ3v) is 15.0. The Labute approximate surface area is 454 Å². The van der Waals surface area contributed by atoms with Gasteiger partial charge in [0.05, 0.1) is 57.5 Å². The Bertz CT molecular complexity index is 3210. The maximum atomic E-state index is 16.2. The Balaban J connectivity index is 1.61. The molecule has 0 unspecified atom stereocenters.